The number of nitrogens with zero attached hydrogens (tertiary/aromatic N) is 3. The number of Topliss-reactive ketones (excluding diaryl/α,β-unsaturated/α-hetero) is 1. The molecule has 3 aromatic heterocycles. The number of anilines is 1. The van der Waals surface area contributed by atoms with E-state index in [4.69, 9.17) is 0 Å². The number of amides is 1. The number of carbonyl (C=O) groups is 2. The van der Waals surface area contributed by atoms with Crippen LogP contribution in [0.3, 0.4) is 0 Å². The van der Waals surface area contributed by atoms with Crippen LogP contribution in [0.15, 0.2) is 67.0 Å². The summed E-state index contributed by atoms with van der Waals surface area (Å²) in [4.78, 5) is 33.2. The van der Waals surface area contributed by atoms with Crippen LogP contribution in [-0.2, 0) is 11.2 Å². The first-order chi connectivity index (χ1) is 14.6. The standard InChI is InChI=1S/C23H21N5O2/c1-15(16-7-3-2-4-8-16)11-18(29)12-17-13-21-19(14-25-17)22(28-27-21)26-23(30)20-9-5-6-10-24-20/h2-10,13-15H,11-12H2,1H3,(H2,26,27,28,30)/t15-/m0/s1. The number of fused-ring (bicyclic) bond motifs is 1. The smallest absolute Gasteiger partial charge is 0.275 e. The average Bonchev–Trinajstić information content (AvgIpc) is 3.16. The van der Waals surface area contributed by atoms with E-state index in [9.17, 15) is 9.59 Å². The minimum absolute atomic E-state index is 0.126. The van der Waals surface area contributed by atoms with Crippen LogP contribution in [0, 0.1) is 0 Å². The van der Waals surface area contributed by atoms with Crippen molar-refractivity contribution in [2.24, 2.45) is 0 Å². The van der Waals surface area contributed by atoms with E-state index in [1.165, 1.54) is 0 Å². The highest BCUT2D eigenvalue weighted by Crippen LogP contribution is 2.22. The second-order valence-electron chi connectivity index (χ2n) is 7.19. The summed E-state index contributed by atoms with van der Waals surface area (Å²) in [7, 11) is 0. The molecular formula is C23H21N5O2. The minimum atomic E-state index is -0.349. The predicted octanol–water partition coefficient (Wildman–Crippen LogP) is 3.91. The highest BCUT2D eigenvalue weighted by molar-refractivity contribution is 6.06. The Kier molecular flexibility index (Phi) is 5.61. The molecule has 4 rings (SSSR count). The van der Waals surface area contributed by atoms with Crippen LogP contribution in [0.1, 0.15) is 41.0 Å². The van der Waals surface area contributed by atoms with E-state index in [-0.39, 0.29) is 24.0 Å². The Morgan fingerprint density at radius 2 is 1.87 bits per heavy atom. The monoisotopic (exact) mass is 399 g/mol. The Labute approximate surface area is 173 Å². The molecule has 0 aliphatic heterocycles. The fourth-order valence-electron chi connectivity index (χ4n) is 3.33. The number of hydrogen-bond donors (Lipinski definition) is 2. The van der Waals surface area contributed by atoms with Crippen LogP contribution in [-0.4, -0.2) is 31.9 Å². The average molecular weight is 399 g/mol. The zero-order valence-corrected chi connectivity index (χ0v) is 16.5. The van der Waals surface area contributed by atoms with Gasteiger partial charge in [0, 0.05) is 30.9 Å². The van der Waals surface area contributed by atoms with Gasteiger partial charge < -0.3 is 5.32 Å². The third-order valence-corrected chi connectivity index (χ3v) is 4.91. The molecule has 0 unspecified atom stereocenters. The van der Waals surface area contributed by atoms with Crippen molar-refractivity contribution in [1.29, 1.82) is 0 Å². The first-order valence-electron chi connectivity index (χ1n) is 9.72. The Morgan fingerprint density at radius 3 is 2.63 bits per heavy atom. The van der Waals surface area contributed by atoms with Gasteiger partial charge >= 0.3 is 0 Å². The van der Waals surface area contributed by atoms with Gasteiger partial charge in [0.15, 0.2) is 5.82 Å². The van der Waals surface area contributed by atoms with Crippen molar-refractivity contribution in [3.05, 3.63) is 83.9 Å². The van der Waals surface area contributed by atoms with Gasteiger partial charge in [0.25, 0.3) is 5.91 Å². The quantitative estimate of drug-likeness (QED) is 0.491. The summed E-state index contributed by atoms with van der Waals surface area (Å²) in [5.41, 5.74) is 2.83. The molecule has 30 heavy (non-hydrogen) atoms. The number of hydrogen-bond acceptors (Lipinski definition) is 5. The second kappa shape index (κ2) is 8.65. The fourth-order valence-corrected chi connectivity index (χ4v) is 3.33. The molecule has 1 aromatic carbocycles. The molecule has 0 aliphatic rings. The summed E-state index contributed by atoms with van der Waals surface area (Å²) in [5.74, 6) is 0.311. The lowest BCUT2D eigenvalue weighted by Gasteiger charge is -2.10. The minimum Gasteiger partial charge on any atom is -0.303 e. The molecule has 0 spiro atoms. The lowest BCUT2D eigenvalue weighted by atomic mass is 9.94. The molecule has 1 atom stereocenters. The van der Waals surface area contributed by atoms with Gasteiger partial charge in [0.05, 0.1) is 10.9 Å². The Hall–Kier alpha value is -3.87. The summed E-state index contributed by atoms with van der Waals surface area (Å²) in [5, 5.41) is 10.5. The molecular weight excluding hydrogens is 378 g/mol. The normalized spacial score (nSPS) is 11.9. The first kappa shape index (κ1) is 19.4. The van der Waals surface area contributed by atoms with Crippen LogP contribution in [0.5, 0.6) is 0 Å². The van der Waals surface area contributed by atoms with Gasteiger partial charge in [0.1, 0.15) is 11.5 Å². The van der Waals surface area contributed by atoms with Gasteiger partial charge in [-0.05, 0) is 29.7 Å². The van der Waals surface area contributed by atoms with Crippen molar-refractivity contribution in [2.45, 2.75) is 25.7 Å². The van der Waals surface area contributed by atoms with Gasteiger partial charge in [-0.1, -0.05) is 43.3 Å². The van der Waals surface area contributed by atoms with Gasteiger partial charge in [-0.3, -0.25) is 24.7 Å². The summed E-state index contributed by atoms with van der Waals surface area (Å²) < 4.78 is 0. The molecule has 2 N–H and O–H groups in total. The van der Waals surface area contributed by atoms with E-state index in [1.54, 1.807) is 36.7 Å². The molecule has 0 saturated carbocycles. The van der Waals surface area contributed by atoms with Crippen LogP contribution in [0.4, 0.5) is 5.82 Å². The maximum absolute atomic E-state index is 12.5. The van der Waals surface area contributed by atoms with Crippen LogP contribution < -0.4 is 5.32 Å². The number of carbonyl (C=O) groups excluding carboxylic acids is 2. The Balaban J connectivity index is 1.43. The number of ketones is 1. The molecule has 0 fully saturated rings. The molecule has 4 aromatic rings. The second-order valence-corrected chi connectivity index (χ2v) is 7.19. The molecule has 0 bridgehead atoms. The van der Waals surface area contributed by atoms with Gasteiger partial charge in [0.2, 0.25) is 0 Å². The predicted molar refractivity (Wildman–Crippen MR) is 114 cm³/mol. The van der Waals surface area contributed by atoms with E-state index >= 15 is 0 Å². The number of nitrogens with one attached hydrogen (secondary N) is 2. The molecule has 0 aliphatic carbocycles. The maximum atomic E-state index is 12.5. The van der Waals surface area contributed by atoms with Crippen LogP contribution in [0.25, 0.3) is 10.9 Å². The SMILES string of the molecule is C[C@@H](CC(=O)Cc1cc2[nH]nc(NC(=O)c3ccccn3)c2cn1)c1ccccc1. The van der Waals surface area contributed by atoms with Crippen molar-refractivity contribution in [1.82, 2.24) is 20.2 Å². The highest BCUT2D eigenvalue weighted by Gasteiger charge is 2.15. The highest BCUT2D eigenvalue weighted by atomic mass is 16.2. The van der Waals surface area contributed by atoms with Crippen molar-refractivity contribution < 1.29 is 9.59 Å². The zero-order chi connectivity index (χ0) is 20.9. The Morgan fingerprint density at radius 1 is 1.07 bits per heavy atom. The third-order valence-electron chi connectivity index (χ3n) is 4.91. The summed E-state index contributed by atoms with van der Waals surface area (Å²) in [6.45, 7) is 2.05. The maximum Gasteiger partial charge on any atom is 0.275 e. The molecule has 150 valence electrons. The van der Waals surface area contributed by atoms with Crippen molar-refractivity contribution in [3.8, 4) is 0 Å². The molecule has 7 heteroatoms. The van der Waals surface area contributed by atoms with Crippen LogP contribution in [0.2, 0.25) is 0 Å². The summed E-state index contributed by atoms with van der Waals surface area (Å²) in [6.07, 6.45) is 3.89. The fraction of sp³-hybridized carbons (Fsp3) is 0.174. The van der Waals surface area contributed by atoms with Crippen molar-refractivity contribution >= 4 is 28.4 Å². The number of aromatic amines is 1. The number of rotatable bonds is 7. The Bertz CT molecular complexity index is 1170. The van der Waals surface area contributed by atoms with E-state index in [0.29, 0.717) is 34.5 Å². The summed E-state index contributed by atoms with van der Waals surface area (Å²) >= 11 is 0. The third kappa shape index (κ3) is 4.41. The lowest BCUT2D eigenvalue weighted by molar-refractivity contribution is -0.118. The van der Waals surface area contributed by atoms with Crippen molar-refractivity contribution in [2.75, 3.05) is 5.32 Å². The summed E-state index contributed by atoms with van der Waals surface area (Å²) in [6, 6.07) is 16.9. The molecule has 0 radical (unpaired) electrons. The van der Waals surface area contributed by atoms with E-state index in [0.717, 1.165) is 5.56 Å². The van der Waals surface area contributed by atoms with E-state index in [1.807, 2.05) is 30.3 Å². The van der Waals surface area contributed by atoms with Gasteiger partial charge in [-0.25, -0.2) is 0 Å². The van der Waals surface area contributed by atoms with Crippen LogP contribution >= 0.6 is 0 Å². The molecule has 7 nitrogen and oxygen atoms in total. The van der Waals surface area contributed by atoms with Gasteiger partial charge in [-0.15, -0.1) is 0 Å². The first-order valence-corrected chi connectivity index (χ1v) is 9.72. The number of aromatic nitrogens is 4. The van der Waals surface area contributed by atoms with Crippen molar-refractivity contribution in [3.63, 3.8) is 0 Å². The topological polar surface area (TPSA) is 101 Å². The van der Waals surface area contributed by atoms with Gasteiger partial charge in [-0.2, -0.15) is 5.10 Å². The number of H-pyrrole nitrogens is 1. The van der Waals surface area contributed by atoms with E-state index < -0.39 is 0 Å². The number of pyridine rings is 2. The largest absolute Gasteiger partial charge is 0.303 e. The number of benzene rings is 1. The molecule has 0 saturated heterocycles. The molecule has 3 heterocycles. The molecule has 1 amide bonds. The van der Waals surface area contributed by atoms with E-state index in [2.05, 4.69) is 32.4 Å². The lowest BCUT2D eigenvalue weighted by Crippen LogP contribution is -2.13. The zero-order valence-electron chi connectivity index (χ0n) is 16.5.